The second kappa shape index (κ2) is 10.5. The van der Waals surface area contributed by atoms with Crippen molar-refractivity contribution in [2.45, 2.75) is 16.7 Å². The first-order valence-corrected chi connectivity index (χ1v) is 12.2. The number of rotatable bonds is 9. The molecule has 4 N–H and O–H groups in total. The zero-order chi connectivity index (χ0) is 25.9. The fourth-order valence-corrected chi connectivity index (χ4v) is 5.72. The van der Waals surface area contributed by atoms with E-state index in [1.807, 2.05) is 0 Å². The maximum Gasteiger partial charge on any atom is 0.274 e. The monoisotopic (exact) mass is 535 g/mol. The molecule has 0 saturated heterocycles. The van der Waals surface area contributed by atoms with Crippen LogP contribution in [0.3, 0.4) is 0 Å². The summed E-state index contributed by atoms with van der Waals surface area (Å²) in [6.45, 7) is -0.301. The Labute approximate surface area is 215 Å². The van der Waals surface area contributed by atoms with Crippen molar-refractivity contribution in [1.29, 1.82) is 0 Å². The molecule has 1 saturated carbocycles. The van der Waals surface area contributed by atoms with Gasteiger partial charge in [0.1, 0.15) is 23.7 Å². The highest BCUT2D eigenvalue weighted by Gasteiger charge is 2.67. The Morgan fingerprint density at radius 1 is 1.36 bits per heavy atom. The SMILES string of the molecule is COCCNC(=O)C=C[C@]12C[C@H]1[C@@](CF)(c1cc(NC(=O)c3ccc(Cl)cn3)ccc1F)N=C(N)S2. The maximum atomic E-state index is 15.1. The van der Waals surface area contributed by atoms with E-state index in [1.54, 1.807) is 6.08 Å². The number of thioether (sulfide) groups is 1. The summed E-state index contributed by atoms with van der Waals surface area (Å²) in [5, 5.41) is 5.79. The number of carbonyl (C=O) groups is 2. The molecule has 2 amide bonds. The number of anilines is 1. The van der Waals surface area contributed by atoms with Gasteiger partial charge in [0.2, 0.25) is 5.91 Å². The van der Waals surface area contributed by atoms with E-state index < -0.39 is 34.6 Å². The Hall–Kier alpha value is -3.02. The summed E-state index contributed by atoms with van der Waals surface area (Å²) in [5.74, 6) is -2.00. The second-order valence-electron chi connectivity index (χ2n) is 8.45. The number of hydrogen-bond acceptors (Lipinski definition) is 7. The first-order chi connectivity index (χ1) is 17.2. The number of methoxy groups -OCH3 is 1. The van der Waals surface area contributed by atoms with Gasteiger partial charge in [0, 0.05) is 47.8 Å². The van der Waals surface area contributed by atoms with E-state index >= 15 is 4.39 Å². The number of amidine groups is 1. The smallest absolute Gasteiger partial charge is 0.274 e. The lowest BCUT2D eigenvalue weighted by Gasteiger charge is -2.34. The summed E-state index contributed by atoms with van der Waals surface area (Å²) in [6, 6.07) is 6.85. The van der Waals surface area contributed by atoms with Crippen LogP contribution in [0.5, 0.6) is 0 Å². The highest BCUT2D eigenvalue weighted by Crippen LogP contribution is 2.66. The minimum absolute atomic E-state index is 0.0278. The molecule has 2 aromatic rings. The molecule has 1 aliphatic heterocycles. The number of halogens is 3. The molecule has 2 aliphatic rings. The number of nitrogens with zero attached hydrogens (tertiary/aromatic N) is 2. The molecule has 0 bridgehead atoms. The number of carbonyl (C=O) groups excluding carboxylic acids is 2. The fraction of sp³-hybridized carbons (Fsp3) is 0.333. The van der Waals surface area contributed by atoms with Crippen molar-refractivity contribution < 1.29 is 23.1 Å². The minimum atomic E-state index is -1.60. The molecular weight excluding hydrogens is 512 g/mol. The Morgan fingerprint density at radius 2 is 2.17 bits per heavy atom. The van der Waals surface area contributed by atoms with Crippen LogP contribution in [0.15, 0.2) is 53.7 Å². The average Bonchev–Trinajstić information content (AvgIpc) is 3.59. The molecule has 1 aromatic heterocycles. The van der Waals surface area contributed by atoms with Crippen LogP contribution in [0.2, 0.25) is 5.02 Å². The standard InChI is InChI=1S/C24H24ClF2N5O3S/c1-35-9-8-29-20(33)6-7-23-11-19(23)24(13-26,32-22(28)36-23)16-10-15(3-4-17(16)27)31-21(34)18-5-2-14(25)12-30-18/h2-7,10,12,19H,8-9,11,13H2,1H3,(H2,28,32)(H,29,33)(H,31,34)/t19-,23+,24-/m1/s1. The summed E-state index contributed by atoms with van der Waals surface area (Å²) in [5.41, 5.74) is 4.79. The zero-order valence-electron chi connectivity index (χ0n) is 19.3. The van der Waals surface area contributed by atoms with Crippen LogP contribution in [0.1, 0.15) is 22.5 Å². The van der Waals surface area contributed by atoms with Crippen LogP contribution in [-0.4, -0.2) is 53.6 Å². The number of nitrogens with two attached hydrogens (primary N) is 1. The van der Waals surface area contributed by atoms with E-state index in [9.17, 15) is 14.0 Å². The van der Waals surface area contributed by atoms with Gasteiger partial charge in [-0.05, 0) is 36.8 Å². The number of amides is 2. The van der Waals surface area contributed by atoms with E-state index in [0.29, 0.717) is 24.6 Å². The van der Waals surface area contributed by atoms with Crippen LogP contribution < -0.4 is 16.4 Å². The molecule has 0 unspecified atom stereocenters. The van der Waals surface area contributed by atoms with Gasteiger partial charge in [-0.3, -0.25) is 9.59 Å². The number of alkyl halides is 1. The molecule has 12 heteroatoms. The number of benzene rings is 1. The molecule has 2 heterocycles. The lowest BCUT2D eigenvalue weighted by molar-refractivity contribution is -0.116. The third-order valence-electron chi connectivity index (χ3n) is 6.11. The van der Waals surface area contributed by atoms with Crippen molar-refractivity contribution in [3.8, 4) is 0 Å². The average molecular weight is 536 g/mol. The predicted octanol–water partition coefficient (Wildman–Crippen LogP) is 3.43. The highest BCUT2D eigenvalue weighted by molar-refractivity contribution is 8.15. The van der Waals surface area contributed by atoms with E-state index in [1.165, 1.54) is 55.4 Å². The summed E-state index contributed by atoms with van der Waals surface area (Å²) in [7, 11) is 1.53. The third kappa shape index (κ3) is 5.23. The lowest BCUT2D eigenvalue weighted by Crippen LogP contribution is -2.39. The molecule has 3 atom stereocenters. The van der Waals surface area contributed by atoms with Crippen molar-refractivity contribution in [3.05, 3.63) is 70.8 Å². The van der Waals surface area contributed by atoms with Crippen molar-refractivity contribution in [3.63, 3.8) is 0 Å². The number of nitrogens with one attached hydrogen (secondary N) is 2. The van der Waals surface area contributed by atoms with E-state index in [2.05, 4.69) is 20.6 Å². The van der Waals surface area contributed by atoms with Gasteiger partial charge < -0.3 is 21.1 Å². The minimum Gasteiger partial charge on any atom is -0.383 e. The summed E-state index contributed by atoms with van der Waals surface area (Å²) < 4.78 is 34.1. The normalized spacial score (nSPS) is 24.7. The van der Waals surface area contributed by atoms with Gasteiger partial charge in [-0.15, -0.1) is 0 Å². The number of hydrogen-bond donors (Lipinski definition) is 3. The topological polar surface area (TPSA) is 119 Å². The molecule has 8 nitrogen and oxygen atoms in total. The first-order valence-electron chi connectivity index (χ1n) is 11.0. The van der Waals surface area contributed by atoms with Gasteiger partial charge in [0.25, 0.3) is 5.91 Å². The van der Waals surface area contributed by atoms with Gasteiger partial charge in [0.05, 0.1) is 11.6 Å². The van der Waals surface area contributed by atoms with Crippen molar-refractivity contribution in [2.24, 2.45) is 16.6 Å². The van der Waals surface area contributed by atoms with E-state index in [4.69, 9.17) is 22.1 Å². The largest absolute Gasteiger partial charge is 0.383 e. The number of aliphatic imine (C=N–C) groups is 1. The second-order valence-corrected chi connectivity index (χ2v) is 10.3. The van der Waals surface area contributed by atoms with Crippen LogP contribution in [0, 0.1) is 11.7 Å². The van der Waals surface area contributed by atoms with Crippen molar-refractivity contribution in [1.82, 2.24) is 10.3 Å². The molecule has 0 radical (unpaired) electrons. The Morgan fingerprint density at radius 3 is 2.86 bits per heavy atom. The lowest BCUT2D eigenvalue weighted by atomic mass is 9.84. The maximum absolute atomic E-state index is 15.1. The van der Waals surface area contributed by atoms with Gasteiger partial charge in [-0.2, -0.15) is 0 Å². The Kier molecular flexibility index (Phi) is 7.62. The summed E-state index contributed by atoms with van der Waals surface area (Å²) in [6.07, 6.45) is 4.82. The third-order valence-corrected chi connectivity index (χ3v) is 7.60. The highest BCUT2D eigenvalue weighted by atomic mass is 35.5. The molecule has 4 rings (SSSR count). The predicted molar refractivity (Wildman–Crippen MR) is 135 cm³/mol. The fourth-order valence-electron chi connectivity index (χ4n) is 4.29. The first kappa shape index (κ1) is 26.1. The van der Waals surface area contributed by atoms with Crippen LogP contribution >= 0.6 is 23.4 Å². The van der Waals surface area contributed by atoms with Crippen LogP contribution in [0.25, 0.3) is 0 Å². The van der Waals surface area contributed by atoms with Gasteiger partial charge in [-0.1, -0.05) is 29.4 Å². The molecule has 1 aromatic carbocycles. The molecule has 1 fully saturated rings. The number of aromatic nitrogens is 1. The summed E-state index contributed by atoms with van der Waals surface area (Å²) >= 11 is 7.04. The molecule has 0 spiro atoms. The Bertz CT molecular complexity index is 1230. The molecule has 1 aliphatic carbocycles. The van der Waals surface area contributed by atoms with Crippen LogP contribution in [0.4, 0.5) is 14.5 Å². The zero-order valence-corrected chi connectivity index (χ0v) is 20.8. The van der Waals surface area contributed by atoms with Gasteiger partial charge >= 0.3 is 0 Å². The van der Waals surface area contributed by atoms with E-state index in [-0.39, 0.29) is 28.0 Å². The molecular formula is C24H24ClF2N5O3S. The molecule has 36 heavy (non-hydrogen) atoms. The quantitative estimate of drug-likeness (QED) is 0.334. The van der Waals surface area contributed by atoms with Crippen molar-refractivity contribution in [2.75, 3.05) is 32.3 Å². The van der Waals surface area contributed by atoms with Crippen LogP contribution in [-0.2, 0) is 15.1 Å². The van der Waals surface area contributed by atoms with Gasteiger partial charge in [0.15, 0.2) is 5.17 Å². The number of pyridine rings is 1. The summed E-state index contributed by atoms with van der Waals surface area (Å²) in [4.78, 5) is 33.0. The van der Waals surface area contributed by atoms with Gasteiger partial charge in [-0.25, -0.2) is 18.8 Å². The molecule has 190 valence electrons. The number of fused-ring (bicyclic) bond motifs is 1. The Balaban J connectivity index is 1.60. The van der Waals surface area contributed by atoms with E-state index in [0.717, 1.165) is 6.07 Å². The van der Waals surface area contributed by atoms with Crippen molar-refractivity contribution >= 4 is 46.0 Å². The number of ether oxygens (including phenoxy) is 1.